The quantitative estimate of drug-likeness (QED) is 0.730. The molecule has 0 fully saturated rings. The molecule has 1 rings (SSSR count). The Labute approximate surface area is 123 Å². The van der Waals surface area contributed by atoms with Crippen LogP contribution in [0.3, 0.4) is 0 Å². The molecule has 0 bridgehead atoms. The third-order valence-electron chi connectivity index (χ3n) is 2.81. The molecule has 21 heavy (non-hydrogen) atoms. The first-order valence-corrected chi connectivity index (χ1v) is 6.81. The van der Waals surface area contributed by atoms with E-state index in [1.807, 2.05) is 13.8 Å². The number of hydrogen-bond acceptors (Lipinski definition) is 4. The van der Waals surface area contributed by atoms with Crippen LogP contribution < -0.4 is 10.6 Å². The lowest BCUT2D eigenvalue weighted by molar-refractivity contribution is -0.147. The molecule has 0 saturated heterocycles. The van der Waals surface area contributed by atoms with Crippen LogP contribution in [-0.2, 0) is 14.3 Å². The summed E-state index contributed by atoms with van der Waals surface area (Å²) in [5.74, 6) is -1.37. The van der Waals surface area contributed by atoms with Crippen molar-refractivity contribution in [2.75, 3.05) is 13.2 Å². The SMILES string of the molecule is CC[C@@H](C)NC(=O)COC(=O)CNC(=O)c1ccccc1. The number of esters is 1. The van der Waals surface area contributed by atoms with Crippen molar-refractivity contribution in [3.05, 3.63) is 35.9 Å². The number of amides is 2. The summed E-state index contributed by atoms with van der Waals surface area (Å²) in [6.45, 7) is 3.19. The van der Waals surface area contributed by atoms with E-state index in [0.29, 0.717) is 5.56 Å². The summed E-state index contributed by atoms with van der Waals surface area (Å²) in [6, 6.07) is 8.56. The van der Waals surface area contributed by atoms with Gasteiger partial charge in [-0.05, 0) is 25.5 Å². The van der Waals surface area contributed by atoms with Crippen molar-refractivity contribution in [2.45, 2.75) is 26.3 Å². The van der Waals surface area contributed by atoms with Gasteiger partial charge in [-0.15, -0.1) is 0 Å². The average Bonchev–Trinajstić information content (AvgIpc) is 2.51. The molecule has 1 aromatic carbocycles. The molecule has 1 aromatic rings. The van der Waals surface area contributed by atoms with E-state index in [-0.39, 0.29) is 31.0 Å². The molecule has 0 aliphatic rings. The zero-order chi connectivity index (χ0) is 15.7. The highest BCUT2D eigenvalue weighted by atomic mass is 16.5. The maximum Gasteiger partial charge on any atom is 0.325 e. The summed E-state index contributed by atoms with van der Waals surface area (Å²) in [4.78, 5) is 34.5. The molecule has 0 aromatic heterocycles. The van der Waals surface area contributed by atoms with Crippen LogP contribution in [-0.4, -0.2) is 37.0 Å². The summed E-state index contributed by atoms with van der Waals surface area (Å²) in [7, 11) is 0. The minimum absolute atomic E-state index is 0.0361. The van der Waals surface area contributed by atoms with Crippen LogP contribution in [0, 0.1) is 0 Å². The van der Waals surface area contributed by atoms with Crippen LogP contribution in [0.4, 0.5) is 0 Å². The lowest BCUT2D eigenvalue weighted by Crippen LogP contribution is -2.37. The number of rotatable bonds is 7. The number of nitrogens with one attached hydrogen (secondary N) is 2. The number of carbonyl (C=O) groups is 3. The fourth-order valence-electron chi connectivity index (χ4n) is 1.46. The number of ether oxygens (including phenoxy) is 1. The second kappa shape index (κ2) is 8.73. The highest BCUT2D eigenvalue weighted by Gasteiger charge is 2.11. The molecular formula is C15H20N2O4. The zero-order valence-electron chi connectivity index (χ0n) is 12.2. The van der Waals surface area contributed by atoms with Crippen molar-refractivity contribution in [3.8, 4) is 0 Å². The predicted octanol–water partition coefficient (Wildman–Crippen LogP) is 0.874. The van der Waals surface area contributed by atoms with Gasteiger partial charge in [-0.25, -0.2) is 0 Å². The maximum atomic E-state index is 11.7. The molecule has 1 atom stereocenters. The van der Waals surface area contributed by atoms with Crippen LogP contribution in [0.1, 0.15) is 30.6 Å². The Morgan fingerprint density at radius 1 is 1.19 bits per heavy atom. The highest BCUT2D eigenvalue weighted by Crippen LogP contribution is 1.97. The Bertz CT molecular complexity index is 488. The fraction of sp³-hybridized carbons (Fsp3) is 0.400. The van der Waals surface area contributed by atoms with Crippen LogP contribution in [0.25, 0.3) is 0 Å². The van der Waals surface area contributed by atoms with E-state index in [0.717, 1.165) is 6.42 Å². The summed E-state index contributed by atoms with van der Waals surface area (Å²) in [6.07, 6.45) is 0.798. The molecule has 6 heteroatoms. The van der Waals surface area contributed by atoms with Crippen molar-refractivity contribution < 1.29 is 19.1 Å². The minimum atomic E-state index is -0.654. The van der Waals surface area contributed by atoms with Gasteiger partial charge in [-0.1, -0.05) is 25.1 Å². The Hall–Kier alpha value is -2.37. The van der Waals surface area contributed by atoms with Crippen molar-refractivity contribution >= 4 is 17.8 Å². The molecule has 0 heterocycles. The molecule has 0 spiro atoms. The molecule has 6 nitrogen and oxygen atoms in total. The lowest BCUT2D eigenvalue weighted by Gasteiger charge is -2.11. The van der Waals surface area contributed by atoms with Crippen LogP contribution in [0.5, 0.6) is 0 Å². The first kappa shape index (κ1) is 16.7. The van der Waals surface area contributed by atoms with Crippen molar-refractivity contribution in [2.24, 2.45) is 0 Å². The highest BCUT2D eigenvalue weighted by molar-refractivity contribution is 5.96. The first-order valence-electron chi connectivity index (χ1n) is 6.81. The van der Waals surface area contributed by atoms with E-state index in [9.17, 15) is 14.4 Å². The average molecular weight is 292 g/mol. The van der Waals surface area contributed by atoms with Gasteiger partial charge in [0.25, 0.3) is 11.8 Å². The van der Waals surface area contributed by atoms with Crippen LogP contribution in [0.2, 0.25) is 0 Å². The van der Waals surface area contributed by atoms with E-state index in [4.69, 9.17) is 4.74 Å². The van der Waals surface area contributed by atoms with Gasteiger partial charge in [-0.3, -0.25) is 14.4 Å². The minimum Gasteiger partial charge on any atom is -0.454 e. The standard InChI is InChI=1S/C15H20N2O4/c1-3-11(2)17-13(18)10-21-14(19)9-16-15(20)12-7-5-4-6-8-12/h4-8,11H,3,9-10H2,1-2H3,(H,16,20)(H,17,18)/t11-/m1/s1. The van der Waals surface area contributed by atoms with Crippen molar-refractivity contribution in [3.63, 3.8) is 0 Å². The Kier molecular flexibility index (Phi) is 6.94. The van der Waals surface area contributed by atoms with E-state index in [1.165, 1.54) is 0 Å². The van der Waals surface area contributed by atoms with Gasteiger partial charge in [0.2, 0.25) is 0 Å². The number of carbonyl (C=O) groups excluding carboxylic acids is 3. The molecular weight excluding hydrogens is 272 g/mol. The second-order valence-electron chi connectivity index (χ2n) is 4.59. The molecule has 0 radical (unpaired) electrons. The Morgan fingerprint density at radius 3 is 2.48 bits per heavy atom. The molecule has 0 saturated carbocycles. The van der Waals surface area contributed by atoms with E-state index >= 15 is 0 Å². The molecule has 114 valence electrons. The third kappa shape index (κ3) is 6.56. The monoisotopic (exact) mass is 292 g/mol. The predicted molar refractivity (Wildman–Crippen MR) is 77.6 cm³/mol. The summed E-state index contributed by atoms with van der Waals surface area (Å²) in [5.41, 5.74) is 0.458. The third-order valence-corrected chi connectivity index (χ3v) is 2.81. The second-order valence-corrected chi connectivity index (χ2v) is 4.59. The molecule has 0 aliphatic heterocycles. The number of hydrogen-bond donors (Lipinski definition) is 2. The largest absolute Gasteiger partial charge is 0.454 e. The molecule has 2 amide bonds. The lowest BCUT2D eigenvalue weighted by atomic mass is 10.2. The van der Waals surface area contributed by atoms with E-state index in [2.05, 4.69) is 10.6 Å². The molecule has 2 N–H and O–H groups in total. The maximum absolute atomic E-state index is 11.7. The van der Waals surface area contributed by atoms with Gasteiger partial charge >= 0.3 is 5.97 Å². The summed E-state index contributed by atoms with van der Waals surface area (Å²) < 4.78 is 4.77. The van der Waals surface area contributed by atoms with Crippen molar-refractivity contribution in [1.82, 2.24) is 10.6 Å². The normalized spacial score (nSPS) is 11.3. The topological polar surface area (TPSA) is 84.5 Å². The first-order chi connectivity index (χ1) is 10.0. The fourth-order valence-corrected chi connectivity index (χ4v) is 1.46. The van der Waals surface area contributed by atoms with Gasteiger partial charge < -0.3 is 15.4 Å². The van der Waals surface area contributed by atoms with Gasteiger partial charge in [0.1, 0.15) is 6.54 Å². The summed E-state index contributed by atoms with van der Waals surface area (Å²) >= 11 is 0. The Balaban J connectivity index is 2.25. The molecule has 0 aliphatic carbocycles. The Morgan fingerprint density at radius 2 is 1.86 bits per heavy atom. The number of benzene rings is 1. The van der Waals surface area contributed by atoms with Gasteiger partial charge in [0.15, 0.2) is 6.61 Å². The van der Waals surface area contributed by atoms with Crippen molar-refractivity contribution in [1.29, 1.82) is 0 Å². The van der Waals surface area contributed by atoms with Gasteiger partial charge in [0.05, 0.1) is 0 Å². The van der Waals surface area contributed by atoms with E-state index in [1.54, 1.807) is 30.3 Å². The van der Waals surface area contributed by atoms with Crippen LogP contribution in [0.15, 0.2) is 30.3 Å². The molecule has 0 unspecified atom stereocenters. The zero-order valence-corrected chi connectivity index (χ0v) is 12.2. The smallest absolute Gasteiger partial charge is 0.325 e. The van der Waals surface area contributed by atoms with Crippen LogP contribution >= 0.6 is 0 Å². The summed E-state index contributed by atoms with van der Waals surface area (Å²) in [5, 5.41) is 5.10. The van der Waals surface area contributed by atoms with Gasteiger partial charge in [0, 0.05) is 11.6 Å². The van der Waals surface area contributed by atoms with E-state index < -0.39 is 5.97 Å². The van der Waals surface area contributed by atoms with Gasteiger partial charge in [-0.2, -0.15) is 0 Å².